The van der Waals surface area contributed by atoms with Crippen molar-refractivity contribution in [2.75, 3.05) is 52.4 Å². The summed E-state index contributed by atoms with van der Waals surface area (Å²) in [5.74, 6) is 0.291. The molecule has 0 aromatic heterocycles. The number of rotatable bonds is 18. The van der Waals surface area contributed by atoms with Crippen LogP contribution < -0.4 is 10.6 Å². The van der Waals surface area contributed by atoms with E-state index in [1.807, 2.05) is 0 Å². The van der Waals surface area contributed by atoms with Gasteiger partial charge in [0.05, 0.1) is 0 Å². The Kier molecular flexibility index (Phi) is 15.6. The van der Waals surface area contributed by atoms with Gasteiger partial charge in [-0.1, -0.05) is 83.1 Å². The molecule has 0 aliphatic carbocycles. The van der Waals surface area contributed by atoms with Crippen molar-refractivity contribution in [3.05, 3.63) is 0 Å². The molecule has 37 heavy (non-hydrogen) atoms. The number of hydrogen-bond acceptors (Lipinski definition) is 4. The fraction of sp³-hybridized carbons (Fsp3) is 0.935. The van der Waals surface area contributed by atoms with E-state index in [2.05, 4.69) is 104 Å². The van der Waals surface area contributed by atoms with Gasteiger partial charge in [0, 0.05) is 39.0 Å². The zero-order chi connectivity index (χ0) is 28.9. The molecule has 2 N–H and O–H groups in total. The standard InChI is InChI=1S/C31H64N4O2/c1-13-34(20-16-26(36)32-24-30(9,10)22-28(3,4)5)18-15-19-35(14-2)21-17-27(37)33-25-31(11,12)23-29(6,7)8/h13-25H2,1-12H3,(H,32,36)(H,33,37). The Balaban J connectivity index is 4.30. The van der Waals surface area contributed by atoms with Crippen LogP contribution in [0.4, 0.5) is 0 Å². The molecular weight excluding hydrogens is 460 g/mol. The van der Waals surface area contributed by atoms with Crippen molar-refractivity contribution in [1.82, 2.24) is 20.4 Å². The van der Waals surface area contributed by atoms with Gasteiger partial charge >= 0.3 is 0 Å². The fourth-order valence-corrected chi connectivity index (χ4v) is 5.74. The van der Waals surface area contributed by atoms with Crippen molar-refractivity contribution < 1.29 is 9.59 Å². The second kappa shape index (κ2) is 16.1. The second-order valence-electron chi connectivity index (χ2n) is 15.1. The summed E-state index contributed by atoms with van der Waals surface area (Å²) in [7, 11) is 0. The molecule has 6 heteroatoms. The number of amides is 2. The van der Waals surface area contributed by atoms with Crippen LogP contribution in [0.25, 0.3) is 0 Å². The summed E-state index contributed by atoms with van der Waals surface area (Å²) >= 11 is 0. The molecule has 0 spiro atoms. The van der Waals surface area contributed by atoms with Crippen LogP contribution >= 0.6 is 0 Å². The molecule has 0 aromatic rings. The molecule has 0 aromatic carbocycles. The topological polar surface area (TPSA) is 64.7 Å². The lowest BCUT2D eigenvalue weighted by atomic mass is 9.76. The number of carbonyl (C=O) groups excluding carboxylic acids is 2. The van der Waals surface area contributed by atoms with Crippen LogP contribution in [0.3, 0.4) is 0 Å². The van der Waals surface area contributed by atoms with Gasteiger partial charge in [0.1, 0.15) is 0 Å². The van der Waals surface area contributed by atoms with Crippen molar-refractivity contribution in [1.29, 1.82) is 0 Å². The molecule has 0 heterocycles. The van der Waals surface area contributed by atoms with E-state index >= 15 is 0 Å². The van der Waals surface area contributed by atoms with Crippen LogP contribution in [0.5, 0.6) is 0 Å². The molecule has 0 saturated heterocycles. The van der Waals surface area contributed by atoms with E-state index in [-0.39, 0.29) is 33.5 Å². The predicted octanol–water partition coefficient (Wildman–Crippen LogP) is 5.96. The number of carbonyl (C=O) groups is 2. The van der Waals surface area contributed by atoms with Gasteiger partial charge in [-0.25, -0.2) is 0 Å². The molecule has 0 atom stereocenters. The Morgan fingerprint density at radius 3 is 1.16 bits per heavy atom. The van der Waals surface area contributed by atoms with Crippen molar-refractivity contribution in [3.8, 4) is 0 Å². The Morgan fingerprint density at radius 2 is 0.892 bits per heavy atom. The molecule has 0 aliphatic rings. The van der Waals surface area contributed by atoms with E-state index in [0.717, 1.165) is 71.6 Å². The molecule has 0 bridgehead atoms. The fourth-order valence-electron chi connectivity index (χ4n) is 5.74. The Labute approximate surface area is 231 Å². The largest absolute Gasteiger partial charge is 0.356 e. The third-order valence-electron chi connectivity index (χ3n) is 6.70. The zero-order valence-electron chi connectivity index (χ0n) is 26.9. The summed E-state index contributed by atoms with van der Waals surface area (Å²) in [4.78, 5) is 29.6. The van der Waals surface area contributed by atoms with E-state index in [1.165, 1.54) is 0 Å². The summed E-state index contributed by atoms with van der Waals surface area (Å²) in [6.45, 7) is 33.6. The van der Waals surface area contributed by atoms with Gasteiger partial charge in [-0.05, 0) is 67.1 Å². The third kappa shape index (κ3) is 20.5. The van der Waals surface area contributed by atoms with Crippen LogP contribution in [0.15, 0.2) is 0 Å². The number of nitrogens with zero attached hydrogens (tertiary/aromatic N) is 2. The minimum atomic E-state index is 0.0987. The molecule has 220 valence electrons. The number of nitrogens with one attached hydrogen (secondary N) is 2. The molecule has 0 radical (unpaired) electrons. The summed E-state index contributed by atoms with van der Waals surface area (Å²) in [5, 5.41) is 6.31. The van der Waals surface area contributed by atoms with Crippen LogP contribution in [0.2, 0.25) is 0 Å². The minimum Gasteiger partial charge on any atom is -0.356 e. The van der Waals surface area contributed by atoms with Gasteiger partial charge in [0.2, 0.25) is 11.8 Å². The quantitative estimate of drug-likeness (QED) is 0.232. The minimum absolute atomic E-state index is 0.0987. The van der Waals surface area contributed by atoms with Crippen molar-refractivity contribution >= 4 is 11.8 Å². The van der Waals surface area contributed by atoms with Crippen LogP contribution in [0, 0.1) is 21.7 Å². The molecule has 0 aliphatic heterocycles. The lowest BCUT2D eigenvalue weighted by Crippen LogP contribution is -2.39. The summed E-state index contributed by atoms with van der Waals surface area (Å²) < 4.78 is 0. The highest BCUT2D eigenvalue weighted by atomic mass is 16.2. The molecular formula is C31H64N4O2. The summed E-state index contributed by atoms with van der Waals surface area (Å²) in [6.07, 6.45) is 4.28. The van der Waals surface area contributed by atoms with Crippen molar-refractivity contribution in [2.24, 2.45) is 21.7 Å². The van der Waals surface area contributed by atoms with Gasteiger partial charge in [-0.15, -0.1) is 0 Å². The average molecular weight is 525 g/mol. The molecule has 0 fully saturated rings. The van der Waals surface area contributed by atoms with Gasteiger partial charge in [0.25, 0.3) is 0 Å². The van der Waals surface area contributed by atoms with Gasteiger partial charge in [-0.3, -0.25) is 9.59 Å². The molecule has 2 amide bonds. The smallest absolute Gasteiger partial charge is 0.221 e. The SMILES string of the molecule is CCN(CCCN(CC)CCC(=O)NCC(C)(C)CC(C)(C)C)CCC(=O)NCC(C)(C)CC(C)(C)C. The maximum atomic E-state index is 12.5. The van der Waals surface area contributed by atoms with E-state index in [4.69, 9.17) is 0 Å². The maximum Gasteiger partial charge on any atom is 0.221 e. The lowest BCUT2D eigenvalue weighted by Gasteiger charge is -2.32. The highest BCUT2D eigenvalue weighted by Gasteiger charge is 2.27. The lowest BCUT2D eigenvalue weighted by molar-refractivity contribution is -0.122. The van der Waals surface area contributed by atoms with Crippen molar-refractivity contribution in [3.63, 3.8) is 0 Å². The van der Waals surface area contributed by atoms with Crippen LogP contribution in [0.1, 0.15) is 115 Å². The highest BCUT2D eigenvalue weighted by Crippen LogP contribution is 2.33. The van der Waals surface area contributed by atoms with Gasteiger partial charge in [-0.2, -0.15) is 0 Å². The Bertz CT molecular complexity index is 603. The van der Waals surface area contributed by atoms with E-state index in [1.54, 1.807) is 0 Å². The maximum absolute atomic E-state index is 12.5. The first-order valence-electron chi connectivity index (χ1n) is 14.8. The van der Waals surface area contributed by atoms with E-state index in [0.29, 0.717) is 12.8 Å². The van der Waals surface area contributed by atoms with Crippen LogP contribution in [-0.4, -0.2) is 74.0 Å². The third-order valence-corrected chi connectivity index (χ3v) is 6.70. The van der Waals surface area contributed by atoms with Crippen molar-refractivity contribution in [2.45, 2.75) is 115 Å². The van der Waals surface area contributed by atoms with Gasteiger partial charge < -0.3 is 20.4 Å². The first-order valence-corrected chi connectivity index (χ1v) is 14.8. The second-order valence-corrected chi connectivity index (χ2v) is 15.1. The Hall–Kier alpha value is -1.14. The molecule has 0 unspecified atom stereocenters. The summed E-state index contributed by atoms with van der Waals surface area (Å²) in [6, 6.07) is 0. The molecule has 0 rings (SSSR count). The monoisotopic (exact) mass is 525 g/mol. The van der Waals surface area contributed by atoms with E-state index < -0.39 is 0 Å². The average Bonchev–Trinajstić information content (AvgIpc) is 2.72. The predicted molar refractivity (Wildman–Crippen MR) is 160 cm³/mol. The summed E-state index contributed by atoms with van der Waals surface area (Å²) in [5.41, 5.74) is 0.710. The highest BCUT2D eigenvalue weighted by molar-refractivity contribution is 5.76. The first-order chi connectivity index (χ1) is 16.8. The Morgan fingerprint density at radius 1 is 0.568 bits per heavy atom. The molecule has 0 saturated carbocycles. The zero-order valence-corrected chi connectivity index (χ0v) is 26.9. The van der Waals surface area contributed by atoms with Crippen LogP contribution in [-0.2, 0) is 9.59 Å². The first kappa shape index (κ1) is 35.9. The van der Waals surface area contributed by atoms with Gasteiger partial charge in [0.15, 0.2) is 0 Å². The molecule has 6 nitrogen and oxygen atoms in total. The normalized spacial score (nSPS) is 13.4. The number of hydrogen-bond donors (Lipinski definition) is 2. The van der Waals surface area contributed by atoms with E-state index in [9.17, 15) is 9.59 Å².